The Morgan fingerprint density at radius 1 is 1.39 bits per heavy atom. The quantitative estimate of drug-likeness (QED) is 0.758. The summed E-state index contributed by atoms with van der Waals surface area (Å²) < 4.78 is 0. The van der Waals surface area contributed by atoms with E-state index in [2.05, 4.69) is 11.9 Å². The summed E-state index contributed by atoms with van der Waals surface area (Å²) >= 11 is 0. The summed E-state index contributed by atoms with van der Waals surface area (Å²) in [4.78, 5) is 19.1. The first-order valence-electron chi connectivity index (χ1n) is 7.05. The van der Waals surface area contributed by atoms with E-state index in [0.29, 0.717) is 12.8 Å². The maximum absolute atomic E-state index is 12.6. The molecule has 1 amide bonds. The molecule has 104 valence electrons. The van der Waals surface area contributed by atoms with Gasteiger partial charge in [0.25, 0.3) is 5.91 Å². The minimum Gasteiger partial charge on any atom is -0.396 e. The monoisotopic (exact) mass is 254 g/mol. The van der Waals surface area contributed by atoms with Gasteiger partial charge in [0.2, 0.25) is 0 Å². The van der Waals surface area contributed by atoms with E-state index in [4.69, 9.17) is 0 Å². The number of amides is 1. The molecule has 1 N–H and O–H groups in total. The molecule has 0 fully saturated rings. The van der Waals surface area contributed by atoms with E-state index < -0.39 is 5.54 Å². The van der Waals surface area contributed by atoms with Crippen LogP contribution in [0.2, 0.25) is 0 Å². The molecule has 18 heavy (non-hydrogen) atoms. The van der Waals surface area contributed by atoms with E-state index in [0.717, 1.165) is 25.1 Å². The van der Waals surface area contributed by atoms with Gasteiger partial charge in [0.05, 0.1) is 0 Å². The van der Waals surface area contributed by atoms with Crippen LogP contribution in [-0.2, 0) is 4.79 Å². The molecule has 0 bridgehead atoms. The fourth-order valence-electron chi connectivity index (χ4n) is 2.49. The third kappa shape index (κ3) is 2.74. The number of amidine groups is 1. The van der Waals surface area contributed by atoms with Crippen molar-refractivity contribution in [2.24, 2.45) is 4.99 Å². The van der Waals surface area contributed by atoms with Gasteiger partial charge in [-0.05, 0) is 26.7 Å². The number of hydrogen-bond acceptors (Lipinski definition) is 3. The standard InChI is InChI=1S/C14H26N2O2/c1-5-7-8-12-15-14(6-2,9-10-17)13(18)16(12)11(3)4/h11,17H,5-10H2,1-4H3. The molecule has 1 aliphatic heterocycles. The number of aliphatic hydroxyl groups excluding tert-OH is 1. The van der Waals surface area contributed by atoms with Crippen molar-refractivity contribution in [1.29, 1.82) is 0 Å². The number of unbranched alkanes of at least 4 members (excludes halogenated alkanes) is 1. The first-order chi connectivity index (χ1) is 8.52. The van der Waals surface area contributed by atoms with Crippen molar-refractivity contribution in [2.75, 3.05) is 6.61 Å². The SMILES string of the molecule is CCCCC1=NC(CC)(CCO)C(=O)N1C(C)C. The molecule has 1 atom stereocenters. The van der Waals surface area contributed by atoms with Gasteiger partial charge in [-0.3, -0.25) is 14.7 Å². The Kier molecular flexibility index (Phi) is 5.32. The largest absolute Gasteiger partial charge is 0.396 e. The summed E-state index contributed by atoms with van der Waals surface area (Å²) in [6.07, 6.45) is 4.09. The highest BCUT2D eigenvalue weighted by molar-refractivity contribution is 6.08. The molecule has 0 aromatic rings. The summed E-state index contributed by atoms with van der Waals surface area (Å²) in [7, 11) is 0. The third-order valence-corrected chi connectivity index (χ3v) is 3.62. The average Bonchev–Trinajstić information content (AvgIpc) is 2.61. The molecule has 0 aromatic heterocycles. The lowest BCUT2D eigenvalue weighted by Gasteiger charge is -2.27. The number of carbonyl (C=O) groups excluding carboxylic acids is 1. The van der Waals surface area contributed by atoms with Crippen molar-refractivity contribution >= 4 is 11.7 Å². The molecule has 0 aromatic carbocycles. The molecule has 0 aliphatic carbocycles. The summed E-state index contributed by atoms with van der Waals surface area (Å²) in [5, 5.41) is 9.19. The number of rotatable bonds is 7. The number of aliphatic imine (C=N–C) groups is 1. The minimum absolute atomic E-state index is 0.00999. The second-order valence-corrected chi connectivity index (χ2v) is 5.26. The maximum atomic E-state index is 12.6. The zero-order chi connectivity index (χ0) is 13.8. The zero-order valence-electron chi connectivity index (χ0n) is 12.1. The molecule has 0 spiro atoms. The molecular weight excluding hydrogens is 228 g/mol. The van der Waals surface area contributed by atoms with Crippen LogP contribution in [0.15, 0.2) is 4.99 Å². The smallest absolute Gasteiger partial charge is 0.256 e. The lowest BCUT2D eigenvalue weighted by atomic mass is 9.92. The first kappa shape index (κ1) is 15.2. The number of carbonyl (C=O) groups is 1. The van der Waals surface area contributed by atoms with E-state index in [1.54, 1.807) is 0 Å². The highest BCUT2D eigenvalue weighted by Gasteiger charge is 2.46. The molecule has 4 heteroatoms. The van der Waals surface area contributed by atoms with Crippen molar-refractivity contribution in [2.45, 2.75) is 71.4 Å². The van der Waals surface area contributed by atoms with Gasteiger partial charge < -0.3 is 5.11 Å². The number of nitrogens with zero attached hydrogens (tertiary/aromatic N) is 2. The molecule has 1 rings (SSSR count). The van der Waals surface area contributed by atoms with Crippen molar-refractivity contribution < 1.29 is 9.90 Å². The third-order valence-electron chi connectivity index (χ3n) is 3.62. The van der Waals surface area contributed by atoms with Gasteiger partial charge in [-0.2, -0.15) is 0 Å². The molecule has 0 saturated carbocycles. The van der Waals surface area contributed by atoms with Gasteiger partial charge in [0, 0.05) is 25.5 Å². The van der Waals surface area contributed by atoms with Crippen molar-refractivity contribution in [3.63, 3.8) is 0 Å². The molecule has 0 radical (unpaired) electrons. The van der Waals surface area contributed by atoms with Crippen molar-refractivity contribution in [3.8, 4) is 0 Å². The van der Waals surface area contributed by atoms with Crippen molar-refractivity contribution in [1.82, 2.24) is 4.90 Å². The highest BCUT2D eigenvalue weighted by Crippen LogP contribution is 2.32. The Labute approximate surface area is 110 Å². The Hall–Kier alpha value is -0.900. The lowest BCUT2D eigenvalue weighted by molar-refractivity contribution is -0.133. The first-order valence-corrected chi connectivity index (χ1v) is 7.05. The van der Waals surface area contributed by atoms with Crippen molar-refractivity contribution in [3.05, 3.63) is 0 Å². The van der Waals surface area contributed by atoms with E-state index in [1.807, 2.05) is 25.7 Å². The van der Waals surface area contributed by atoms with Crippen LogP contribution in [0.25, 0.3) is 0 Å². The summed E-state index contributed by atoms with van der Waals surface area (Å²) in [5.74, 6) is 0.979. The van der Waals surface area contributed by atoms with Crippen LogP contribution in [0.5, 0.6) is 0 Å². The van der Waals surface area contributed by atoms with Crippen LogP contribution < -0.4 is 0 Å². The van der Waals surface area contributed by atoms with E-state index in [1.165, 1.54) is 0 Å². The van der Waals surface area contributed by atoms with Crippen LogP contribution in [-0.4, -0.2) is 39.9 Å². The Bertz CT molecular complexity index is 326. The van der Waals surface area contributed by atoms with Crippen LogP contribution in [0.3, 0.4) is 0 Å². The molecule has 4 nitrogen and oxygen atoms in total. The Morgan fingerprint density at radius 3 is 2.50 bits per heavy atom. The molecule has 1 unspecified atom stereocenters. The molecular formula is C14H26N2O2. The fourth-order valence-corrected chi connectivity index (χ4v) is 2.49. The average molecular weight is 254 g/mol. The van der Waals surface area contributed by atoms with E-state index >= 15 is 0 Å². The fraction of sp³-hybridized carbons (Fsp3) is 0.857. The minimum atomic E-state index is -0.706. The van der Waals surface area contributed by atoms with Gasteiger partial charge in [-0.15, -0.1) is 0 Å². The van der Waals surface area contributed by atoms with Gasteiger partial charge >= 0.3 is 0 Å². The van der Waals surface area contributed by atoms with E-state index in [9.17, 15) is 9.90 Å². The van der Waals surface area contributed by atoms with Crippen LogP contribution in [0.4, 0.5) is 0 Å². The topological polar surface area (TPSA) is 52.9 Å². The van der Waals surface area contributed by atoms with Gasteiger partial charge in [0.1, 0.15) is 11.4 Å². The molecule has 1 aliphatic rings. The Morgan fingerprint density at radius 2 is 2.06 bits per heavy atom. The summed E-state index contributed by atoms with van der Waals surface area (Å²) in [6, 6.07) is 0.139. The predicted octanol–water partition coefficient (Wildman–Crippen LogP) is 2.36. The highest BCUT2D eigenvalue weighted by atomic mass is 16.3. The molecule has 1 heterocycles. The van der Waals surface area contributed by atoms with E-state index in [-0.39, 0.29) is 18.6 Å². The second kappa shape index (κ2) is 6.32. The van der Waals surface area contributed by atoms with Gasteiger partial charge in [-0.1, -0.05) is 20.3 Å². The van der Waals surface area contributed by atoms with Gasteiger partial charge in [0.15, 0.2) is 0 Å². The second-order valence-electron chi connectivity index (χ2n) is 5.26. The van der Waals surface area contributed by atoms with Crippen LogP contribution in [0.1, 0.15) is 59.8 Å². The number of aliphatic hydroxyl groups is 1. The Balaban J connectivity index is 3.01. The maximum Gasteiger partial charge on any atom is 0.256 e. The molecule has 0 saturated heterocycles. The normalized spacial score (nSPS) is 24.0. The van der Waals surface area contributed by atoms with Crippen LogP contribution in [0, 0.1) is 0 Å². The summed E-state index contributed by atoms with van der Waals surface area (Å²) in [5.41, 5.74) is -0.706. The zero-order valence-corrected chi connectivity index (χ0v) is 12.1. The predicted molar refractivity (Wildman–Crippen MR) is 73.7 cm³/mol. The lowest BCUT2D eigenvalue weighted by Crippen LogP contribution is -2.46. The van der Waals surface area contributed by atoms with Crippen LogP contribution >= 0.6 is 0 Å². The summed E-state index contributed by atoms with van der Waals surface area (Å²) in [6.45, 7) is 8.15. The number of hydrogen-bond donors (Lipinski definition) is 1. The van der Waals surface area contributed by atoms with Gasteiger partial charge in [-0.25, -0.2) is 0 Å².